The monoisotopic (exact) mass is 373 g/mol. The van der Waals surface area contributed by atoms with Gasteiger partial charge in [0.25, 0.3) is 0 Å². The lowest BCUT2D eigenvalue weighted by molar-refractivity contribution is -0.137. The van der Waals surface area contributed by atoms with Crippen LogP contribution in [-0.2, 0) is 11.0 Å². The molecule has 0 saturated heterocycles. The predicted octanol–water partition coefficient (Wildman–Crippen LogP) is 4.68. The molecule has 0 aliphatic rings. The number of carboxylic acid groups (broad SMARTS) is 1. The summed E-state index contributed by atoms with van der Waals surface area (Å²) in [4.78, 5) is 10.7. The van der Waals surface area contributed by atoms with Crippen molar-refractivity contribution in [3.05, 3.63) is 83.4 Å². The molecule has 0 radical (unpaired) electrons. The number of benzene rings is 2. The fourth-order valence-electron chi connectivity index (χ4n) is 2.27. The van der Waals surface area contributed by atoms with Crippen LogP contribution >= 0.6 is 0 Å². The molecule has 0 amide bonds. The first kappa shape index (κ1) is 19.8. The molecule has 1 N–H and O–H groups in total. The molecule has 0 aliphatic carbocycles. The van der Waals surface area contributed by atoms with Crippen molar-refractivity contribution in [3.63, 3.8) is 0 Å². The summed E-state index contributed by atoms with van der Waals surface area (Å²) in [6.07, 6.45) is -0.711. The lowest BCUT2D eigenvalue weighted by atomic mass is 9.96. The Morgan fingerprint density at radius 2 is 1.63 bits per heavy atom. The number of nitrogens with zero attached hydrogens (tertiary/aromatic N) is 1. The molecule has 0 unspecified atom stereocenters. The number of carbonyl (C=O) groups is 1. The molecule has 2 aromatic rings. The highest BCUT2D eigenvalue weighted by Crippen LogP contribution is 2.31. The number of aliphatic carboxylic acids is 1. The van der Waals surface area contributed by atoms with Gasteiger partial charge in [0.1, 0.15) is 11.8 Å². The maximum atomic E-state index is 12.8. The van der Waals surface area contributed by atoms with Crippen molar-refractivity contribution < 1.29 is 27.8 Å². The Morgan fingerprint density at radius 3 is 2.11 bits per heavy atom. The van der Waals surface area contributed by atoms with Crippen LogP contribution in [0.15, 0.2) is 66.8 Å². The minimum atomic E-state index is -4.44. The van der Waals surface area contributed by atoms with E-state index in [0.717, 1.165) is 18.2 Å². The number of halogens is 3. The maximum Gasteiger partial charge on any atom is 0.416 e. The van der Waals surface area contributed by atoms with Crippen LogP contribution in [0.4, 0.5) is 13.2 Å². The molecule has 2 rings (SSSR count). The van der Waals surface area contributed by atoms with E-state index in [9.17, 15) is 18.0 Å². The summed E-state index contributed by atoms with van der Waals surface area (Å²) in [5, 5.41) is 17.2. The first-order valence-electron chi connectivity index (χ1n) is 7.70. The van der Waals surface area contributed by atoms with Crippen LogP contribution in [0.5, 0.6) is 5.75 Å². The van der Waals surface area contributed by atoms with E-state index in [-0.39, 0.29) is 6.61 Å². The third-order valence-corrected chi connectivity index (χ3v) is 3.49. The van der Waals surface area contributed by atoms with Gasteiger partial charge in [0.2, 0.25) is 0 Å². The summed E-state index contributed by atoms with van der Waals surface area (Å²) >= 11 is 0. The van der Waals surface area contributed by atoms with E-state index in [1.54, 1.807) is 24.3 Å². The zero-order valence-electron chi connectivity index (χ0n) is 13.9. The van der Waals surface area contributed by atoms with E-state index in [1.807, 2.05) is 6.07 Å². The van der Waals surface area contributed by atoms with Gasteiger partial charge in [0.15, 0.2) is 6.61 Å². The summed E-state index contributed by atoms with van der Waals surface area (Å²) in [6.45, 7) is -0.109. The molecule has 0 aliphatic heterocycles. The lowest BCUT2D eigenvalue weighted by Gasteiger charge is -2.11. The van der Waals surface area contributed by atoms with Crippen molar-refractivity contribution in [1.82, 2.24) is 0 Å². The fourth-order valence-corrected chi connectivity index (χ4v) is 2.27. The van der Waals surface area contributed by atoms with Gasteiger partial charge >= 0.3 is 12.1 Å². The minimum Gasteiger partial charge on any atom is -0.479 e. The Labute approximate surface area is 153 Å². The quantitative estimate of drug-likeness (QED) is 0.590. The van der Waals surface area contributed by atoms with Crippen LogP contribution in [0.3, 0.4) is 0 Å². The number of carboxylic acids is 1. The molecule has 0 bridgehead atoms. The summed E-state index contributed by atoms with van der Waals surface area (Å²) in [7, 11) is 0. The van der Waals surface area contributed by atoms with Crippen LogP contribution in [0.25, 0.3) is 5.57 Å². The highest BCUT2D eigenvalue weighted by Gasteiger charge is 2.30. The van der Waals surface area contributed by atoms with Gasteiger partial charge in [-0.1, -0.05) is 36.4 Å². The number of allylic oxidation sites excluding steroid dienone is 2. The molecular weight excluding hydrogens is 359 g/mol. The average Bonchev–Trinajstić information content (AvgIpc) is 2.63. The number of alkyl halides is 3. The highest BCUT2D eigenvalue weighted by atomic mass is 19.4. The highest BCUT2D eigenvalue weighted by molar-refractivity contribution is 5.84. The summed E-state index contributed by atoms with van der Waals surface area (Å²) in [5.41, 5.74) is 0.901. The number of ether oxygens (including phenoxy) is 1. The Morgan fingerprint density at radius 1 is 1.07 bits per heavy atom. The molecule has 0 saturated carbocycles. The van der Waals surface area contributed by atoms with E-state index < -0.39 is 17.7 Å². The van der Waals surface area contributed by atoms with E-state index in [4.69, 9.17) is 15.1 Å². The Hall–Kier alpha value is -3.53. The molecule has 0 atom stereocenters. The van der Waals surface area contributed by atoms with Crippen molar-refractivity contribution in [2.24, 2.45) is 0 Å². The Kier molecular flexibility index (Phi) is 6.39. The second-order valence-corrected chi connectivity index (χ2v) is 5.32. The molecule has 27 heavy (non-hydrogen) atoms. The summed E-state index contributed by atoms with van der Waals surface area (Å²) < 4.78 is 43.4. The Bertz CT molecular complexity index is 890. The number of rotatable bonds is 6. The molecule has 0 spiro atoms. The largest absolute Gasteiger partial charge is 0.479 e. The van der Waals surface area contributed by atoms with Crippen LogP contribution in [-0.4, -0.2) is 17.7 Å². The molecule has 0 heterocycles. The molecule has 138 valence electrons. The third-order valence-electron chi connectivity index (χ3n) is 3.49. The number of hydrogen-bond acceptors (Lipinski definition) is 3. The fraction of sp³-hybridized carbons (Fsp3) is 0.100. The van der Waals surface area contributed by atoms with Gasteiger partial charge in [-0.15, -0.1) is 0 Å². The van der Waals surface area contributed by atoms with Crippen LogP contribution < -0.4 is 4.74 Å². The van der Waals surface area contributed by atoms with Crippen molar-refractivity contribution in [3.8, 4) is 11.8 Å². The smallest absolute Gasteiger partial charge is 0.416 e. The van der Waals surface area contributed by atoms with Gasteiger partial charge in [0.05, 0.1) is 5.56 Å². The molecule has 2 aromatic carbocycles. The summed E-state index contributed by atoms with van der Waals surface area (Å²) in [5.74, 6) is -0.675. The second-order valence-electron chi connectivity index (χ2n) is 5.32. The second kappa shape index (κ2) is 8.72. The lowest BCUT2D eigenvalue weighted by Crippen LogP contribution is -2.04. The Balaban J connectivity index is 2.40. The SMILES string of the molecule is N#CCOc1ccc(/C(=C\C=C\C(=O)O)c2ccc(C(F)(F)F)cc2)cc1. The summed E-state index contributed by atoms with van der Waals surface area (Å²) in [6, 6.07) is 13.0. The molecular formula is C20H14F3NO3. The zero-order valence-corrected chi connectivity index (χ0v) is 13.9. The van der Waals surface area contributed by atoms with E-state index in [0.29, 0.717) is 22.4 Å². The predicted molar refractivity (Wildman–Crippen MR) is 92.8 cm³/mol. The standard InChI is InChI=1S/C20H14F3NO3/c21-20(22,23)16-8-4-14(5-9-16)18(2-1-3-19(25)26)15-6-10-17(11-7-15)27-13-12-24/h1-11H,13H2,(H,25,26)/b3-1+,18-2-. The van der Waals surface area contributed by atoms with Crippen molar-refractivity contribution in [2.75, 3.05) is 6.61 Å². The topological polar surface area (TPSA) is 70.3 Å². The van der Waals surface area contributed by atoms with Crippen LogP contribution in [0.1, 0.15) is 16.7 Å². The van der Waals surface area contributed by atoms with Crippen molar-refractivity contribution >= 4 is 11.5 Å². The maximum absolute atomic E-state index is 12.8. The van der Waals surface area contributed by atoms with E-state index in [1.165, 1.54) is 24.3 Å². The minimum absolute atomic E-state index is 0.109. The van der Waals surface area contributed by atoms with Gasteiger partial charge < -0.3 is 9.84 Å². The molecule has 4 nitrogen and oxygen atoms in total. The first-order valence-corrected chi connectivity index (χ1v) is 7.70. The van der Waals surface area contributed by atoms with Gasteiger partial charge in [-0.2, -0.15) is 18.4 Å². The van der Waals surface area contributed by atoms with Gasteiger partial charge in [-0.3, -0.25) is 0 Å². The normalized spacial score (nSPS) is 12.0. The first-order chi connectivity index (χ1) is 12.8. The zero-order chi connectivity index (χ0) is 19.9. The van der Waals surface area contributed by atoms with Crippen molar-refractivity contribution in [2.45, 2.75) is 6.18 Å². The molecule has 7 heteroatoms. The molecule has 0 aromatic heterocycles. The van der Waals surface area contributed by atoms with Crippen LogP contribution in [0.2, 0.25) is 0 Å². The van der Waals surface area contributed by atoms with Crippen LogP contribution in [0, 0.1) is 11.3 Å². The van der Waals surface area contributed by atoms with Gasteiger partial charge in [-0.25, -0.2) is 4.79 Å². The van der Waals surface area contributed by atoms with E-state index in [2.05, 4.69) is 0 Å². The number of hydrogen-bond donors (Lipinski definition) is 1. The molecule has 0 fully saturated rings. The third kappa shape index (κ3) is 5.75. The number of nitriles is 1. The van der Waals surface area contributed by atoms with E-state index >= 15 is 0 Å². The average molecular weight is 373 g/mol. The van der Waals surface area contributed by atoms with Gasteiger partial charge in [0, 0.05) is 6.08 Å². The van der Waals surface area contributed by atoms with Crippen molar-refractivity contribution in [1.29, 1.82) is 5.26 Å². The van der Waals surface area contributed by atoms with Gasteiger partial charge in [-0.05, 0) is 41.0 Å².